The predicted molar refractivity (Wildman–Crippen MR) is 115 cm³/mol. The van der Waals surface area contributed by atoms with Gasteiger partial charge in [-0.3, -0.25) is 4.79 Å². The van der Waals surface area contributed by atoms with Crippen LogP contribution in [0.5, 0.6) is 5.75 Å². The third-order valence-corrected chi connectivity index (χ3v) is 5.30. The van der Waals surface area contributed by atoms with Gasteiger partial charge in [-0.25, -0.2) is 0 Å². The molecule has 0 atom stereocenters. The second-order valence-corrected chi connectivity index (χ2v) is 7.73. The lowest BCUT2D eigenvalue weighted by Gasteiger charge is -2.29. The molecule has 28 heavy (non-hydrogen) atoms. The van der Waals surface area contributed by atoms with Gasteiger partial charge >= 0.3 is 0 Å². The van der Waals surface area contributed by atoms with Gasteiger partial charge in [0, 0.05) is 38.8 Å². The minimum Gasteiger partial charge on any atom is -0.494 e. The topological polar surface area (TPSA) is 32.8 Å². The molecule has 1 aliphatic heterocycles. The first-order valence-electron chi connectivity index (χ1n) is 10.4. The van der Waals surface area contributed by atoms with Crippen molar-refractivity contribution < 1.29 is 9.53 Å². The Morgan fingerprint density at radius 2 is 1.82 bits per heavy atom. The molecule has 0 radical (unpaired) electrons. The van der Waals surface area contributed by atoms with Gasteiger partial charge in [0.15, 0.2) is 0 Å². The smallest absolute Gasteiger partial charge is 0.222 e. The van der Waals surface area contributed by atoms with Crippen molar-refractivity contribution in [3.63, 3.8) is 0 Å². The van der Waals surface area contributed by atoms with Crippen molar-refractivity contribution in [2.24, 2.45) is 0 Å². The molecule has 1 aliphatic rings. The predicted octanol–water partition coefficient (Wildman–Crippen LogP) is 4.80. The Labute approximate surface area is 169 Å². The molecule has 1 amide bonds. The summed E-state index contributed by atoms with van der Waals surface area (Å²) in [6.07, 6.45) is 5.15. The molecule has 0 spiro atoms. The van der Waals surface area contributed by atoms with E-state index < -0.39 is 0 Å². The van der Waals surface area contributed by atoms with Gasteiger partial charge in [-0.15, -0.1) is 0 Å². The van der Waals surface area contributed by atoms with Crippen LogP contribution in [0.3, 0.4) is 0 Å². The van der Waals surface area contributed by atoms with E-state index >= 15 is 0 Å². The lowest BCUT2D eigenvalue weighted by Crippen LogP contribution is -2.29. The first kappa shape index (κ1) is 20.2. The first-order chi connectivity index (χ1) is 13.6. The highest BCUT2D eigenvalue weighted by Gasteiger charge is 2.12. The summed E-state index contributed by atoms with van der Waals surface area (Å²) in [6, 6.07) is 16.7. The zero-order valence-corrected chi connectivity index (χ0v) is 17.2. The van der Waals surface area contributed by atoms with E-state index in [9.17, 15) is 4.79 Å². The van der Waals surface area contributed by atoms with Gasteiger partial charge in [-0.2, -0.15) is 0 Å². The van der Waals surface area contributed by atoms with E-state index in [0.29, 0.717) is 19.6 Å². The van der Waals surface area contributed by atoms with Gasteiger partial charge in [0.05, 0.1) is 6.61 Å². The van der Waals surface area contributed by atoms with E-state index in [0.717, 1.165) is 25.3 Å². The molecule has 1 saturated heterocycles. The van der Waals surface area contributed by atoms with Crippen molar-refractivity contribution in [3.05, 3.63) is 59.7 Å². The Morgan fingerprint density at radius 3 is 2.54 bits per heavy atom. The van der Waals surface area contributed by atoms with Crippen molar-refractivity contribution in [2.75, 3.05) is 31.6 Å². The zero-order chi connectivity index (χ0) is 19.8. The highest BCUT2D eigenvalue weighted by molar-refractivity contribution is 5.75. The quantitative estimate of drug-likeness (QED) is 0.617. The summed E-state index contributed by atoms with van der Waals surface area (Å²) in [7, 11) is 1.88. The number of amides is 1. The SMILES string of the molecule is Cc1cccc(OCCCC(=O)N(C)Cc2ccc(N3CCCCC3)cc2)c1. The molecule has 150 valence electrons. The molecule has 0 saturated carbocycles. The average Bonchev–Trinajstić information content (AvgIpc) is 2.72. The Morgan fingerprint density at radius 1 is 1.07 bits per heavy atom. The van der Waals surface area contributed by atoms with Crippen LogP contribution in [0.1, 0.15) is 43.2 Å². The number of piperidine rings is 1. The van der Waals surface area contributed by atoms with E-state index in [-0.39, 0.29) is 5.91 Å². The van der Waals surface area contributed by atoms with E-state index in [1.54, 1.807) is 0 Å². The maximum Gasteiger partial charge on any atom is 0.222 e. The number of anilines is 1. The maximum absolute atomic E-state index is 12.4. The summed E-state index contributed by atoms with van der Waals surface area (Å²) in [6.45, 7) is 5.57. The summed E-state index contributed by atoms with van der Waals surface area (Å²) in [5, 5.41) is 0. The van der Waals surface area contributed by atoms with E-state index in [1.165, 1.54) is 36.1 Å². The monoisotopic (exact) mass is 380 g/mol. The molecule has 0 unspecified atom stereocenters. The number of benzene rings is 2. The molecule has 0 aliphatic carbocycles. The number of carbonyl (C=O) groups is 1. The molecule has 0 bridgehead atoms. The molecule has 2 aromatic rings. The van der Waals surface area contributed by atoms with Gasteiger partial charge in [0.25, 0.3) is 0 Å². The molecule has 1 heterocycles. The van der Waals surface area contributed by atoms with Crippen molar-refractivity contribution >= 4 is 11.6 Å². The van der Waals surface area contributed by atoms with Gasteiger partial charge in [0.1, 0.15) is 5.75 Å². The van der Waals surface area contributed by atoms with Crippen molar-refractivity contribution in [2.45, 2.75) is 45.6 Å². The highest BCUT2D eigenvalue weighted by atomic mass is 16.5. The highest BCUT2D eigenvalue weighted by Crippen LogP contribution is 2.20. The second-order valence-electron chi connectivity index (χ2n) is 7.73. The normalized spacial score (nSPS) is 14.0. The standard InChI is InChI=1S/C24H32N2O2/c1-20-8-6-9-23(18-20)28-17-7-10-24(27)25(2)19-21-11-13-22(14-12-21)26-15-4-3-5-16-26/h6,8-9,11-14,18H,3-5,7,10,15-17,19H2,1-2H3. The molecular formula is C24H32N2O2. The van der Waals surface area contributed by atoms with Crippen LogP contribution in [0.25, 0.3) is 0 Å². The number of hydrogen-bond donors (Lipinski definition) is 0. The molecule has 0 N–H and O–H groups in total. The summed E-state index contributed by atoms with van der Waals surface area (Å²) in [4.78, 5) is 16.7. The average molecular weight is 381 g/mol. The summed E-state index contributed by atoms with van der Waals surface area (Å²) < 4.78 is 5.73. The van der Waals surface area contributed by atoms with Gasteiger partial charge in [-0.1, -0.05) is 24.3 Å². The van der Waals surface area contributed by atoms with Crippen LogP contribution in [0.15, 0.2) is 48.5 Å². The third kappa shape index (κ3) is 6.01. The van der Waals surface area contributed by atoms with Crippen molar-refractivity contribution in [3.8, 4) is 5.75 Å². The second kappa shape index (κ2) is 10.2. The van der Waals surface area contributed by atoms with E-state index in [1.807, 2.05) is 43.1 Å². The number of nitrogens with zero attached hydrogens (tertiary/aromatic N) is 2. The van der Waals surface area contributed by atoms with Crippen LogP contribution >= 0.6 is 0 Å². The van der Waals surface area contributed by atoms with E-state index in [2.05, 4.69) is 29.2 Å². The Balaban J connectivity index is 1.39. The molecule has 4 heteroatoms. The third-order valence-electron chi connectivity index (χ3n) is 5.30. The fourth-order valence-corrected chi connectivity index (χ4v) is 3.64. The fourth-order valence-electron chi connectivity index (χ4n) is 3.64. The van der Waals surface area contributed by atoms with Gasteiger partial charge < -0.3 is 14.5 Å². The summed E-state index contributed by atoms with van der Waals surface area (Å²) >= 11 is 0. The number of hydrogen-bond acceptors (Lipinski definition) is 3. The Hall–Kier alpha value is -2.49. The maximum atomic E-state index is 12.4. The van der Waals surface area contributed by atoms with Crippen LogP contribution in [0.4, 0.5) is 5.69 Å². The zero-order valence-electron chi connectivity index (χ0n) is 17.2. The minimum absolute atomic E-state index is 0.160. The van der Waals surface area contributed by atoms with Crippen molar-refractivity contribution in [1.82, 2.24) is 4.90 Å². The number of aryl methyl sites for hydroxylation is 1. The van der Waals surface area contributed by atoms with Gasteiger partial charge in [-0.05, 0) is 68.0 Å². The fraction of sp³-hybridized carbons (Fsp3) is 0.458. The van der Waals surface area contributed by atoms with Crippen LogP contribution in [-0.2, 0) is 11.3 Å². The van der Waals surface area contributed by atoms with Gasteiger partial charge in [0.2, 0.25) is 5.91 Å². The summed E-state index contributed by atoms with van der Waals surface area (Å²) in [5.74, 6) is 1.03. The first-order valence-corrected chi connectivity index (χ1v) is 10.4. The molecule has 4 nitrogen and oxygen atoms in total. The molecule has 0 aromatic heterocycles. The van der Waals surface area contributed by atoms with Crippen LogP contribution in [0, 0.1) is 6.92 Å². The largest absolute Gasteiger partial charge is 0.494 e. The minimum atomic E-state index is 0.160. The Bertz CT molecular complexity index is 751. The van der Waals surface area contributed by atoms with Crippen LogP contribution < -0.4 is 9.64 Å². The Kier molecular flexibility index (Phi) is 7.35. The number of rotatable bonds is 8. The van der Waals surface area contributed by atoms with Crippen molar-refractivity contribution in [1.29, 1.82) is 0 Å². The number of ether oxygens (including phenoxy) is 1. The lowest BCUT2D eigenvalue weighted by molar-refractivity contribution is -0.130. The molecular weight excluding hydrogens is 348 g/mol. The summed E-state index contributed by atoms with van der Waals surface area (Å²) in [5.41, 5.74) is 3.65. The molecule has 3 rings (SSSR count). The lowest BCUT2D eigenvalue weighted by atomic mass is 10.1. The van der Waals surface area contributed by atoms with Crippen LogP contribution in [-0.4, -0.2) is 37.6 Å². The van der Waals surface area contributed by atoms with E-state index in [4.69, 9.17) is 4.74 Å². The molecule has 1 fully saturated rings. The molecule has 2 aromatic carbocycles. The van der Waals surface area contributed by atoms with Crippen LogP contribution in [0.2, 0.25) is 0 Å². The number of carbonyl (C=O) groups excluding carboxylic acids is 1.